The van der Waals surface area contributed by atoms with E-state index in [0.717, 1.165) is 24.8 Å². The lowest BCUT2D eigenvalue weighted by atomic mass is 9.73. The maximum Gasteiger partial charge on any atom is 0.246 e. The number of amides is 3. The van der Waals surface area contributed by atoms with Gasteiger partial charge in [-0.25, -0.2) is 0 Å². The van der Waals surface area contributed by atoms with Gasteiger partial charge in [0.2, 0.25) is 17.7 Å². The normalized spacial score (nSPS) is 33.5. The number of carbonyl (C=O) groups excluding carboxylic acids is 3. The maximum absolute atomic E-state index is 14.2. The highest BCUT2D eigenvalue weighted by molar-refractivity contribution is 6.02. The predicted molar refractivity (Wildman–Crippen MR) is 155 cm³/mol. The van der Waals surface area contributed by atoms with Gasteiger partial charge in [-0.2, -0.15) is 0 Å². The van der Waals surface area contributed by atoms with Gasteiger partial charge >= 0.3 is 0 Å². The standard InChI is InChI=1S/C33H39N3O5/c1-20-8-7-11-25(21(20)2)35-31(38)29-33-18-16-26(41-33)27(30(37)34-23-12-14-24(40-3)15-13-23)28(33)32(39)36(29)19-17-22-9-5-4-6-10-22/h4-6,9-10,12-16,18,20-21,25-29H,7-8,11,17,19H2,1-3H3,(H,34,37)(H,35,38)/t20-,21+,25-,26+,27-,28+,29+,33+/m1/s1. The number of nitrogens with zero attached hydrogens (tertiary/aromatic N) is 1. The van der Waals surface area contributed by atoms with Gasteiger partial charge in [0.25, 0.3) is 0 Å². The van der Waals surface area contributed by atoms with E-state index in [1.165, 1.54) is 0 Å². The number of likely N-dealkylation sites (tertiary alicyclic amines) is 1. The van der Waals surface area contributed by atoms with Crippen LogP contribution in [0.5, 0.6) is 5.75 Å². The number of carbonyl (C=O) groups is 3. The average Bonchev–Trinajstić information content (AvgIpc) is 3.62. The van der Waals surface area contributed by atoms with Gasteiger partial charge in [0.15, 0.2) is 0 Å². The van der Waals surface area contributed by atoms with Crippen LogP contribution in [0.25, 0.3) is 0 Å². The van der Waals surface area contributed by atoms with Crippen LogP contribution in [0.1, 0.15) is 38.7 Å². The zero-order valence-corrected chi connectivity index (χ0v) is 23.9. The van der Waals surface area contributed by atoms with Crippen LogP contribution in [0.2, 0.25) is 0 Å². The monoisotopic (exact) mass is 557 g/mol. The van der Waals surface area contributed by atoms with Gasteiger partial charge < -0.3 is 25.0 Å². The molecule has 2 bridgehead atoms. The third kappa shape index (κ3) is 4.82. The van der Waals surface area contributed by atoms with Crippen molar-refractivity contribution in [2.45, 2.75) is 63.3 Å². The number of benzene rings is 2. The predicted octanol–water partition coefficient (Wildman–Crippen LogP) is 3.97. The second kappa shape index (κ2) is 11.0. The summed E-state index contributed by atoms with van der Waals surface area (Å²) in [5.74, 6) is -0.647. The SMILES string of the molecule is COc1ccc(NC(=O)[C@@H]2[C@@H]3C=C[C@]4(O3)[C@@H]2C(=O)N(CCc2ccccc2)[C@H]4C(=O)N[C@@H]2CCC[C@@H](C)[C@@H]2C)cc1. The molecule has 1 spiro atoms. The van der Waals surface area contributed by atoms with Crippen LogP contribution >= 0.6 is 0 Å². The lowest BCUT2D eigenvalue weighted by molar-refractivity contribution is -0.141. The second-order valence-electron chi connectivity index (χ2n) is 12.1. The molecule has 3 amide bonds. The van der Waals surface area contributed by atoms with E-state index >= 15 is 0 Å². The highest BCUT2D eigenvalue weighted by atomic mass is 16.5. The third-order valence-electron chi connectivity index (χ3n) is 9.80. The van der Waals surface area contributed by atoms with Crippen molar-refractivity contribution in [2.75, 3.05) is 19.0 Å². The van der Waals surface area contributed by atoms with Crippen LogP contribution in [-0.4, -0.2) is 60.1 Å². The van der Waals surface area contributed by atoms with Crippen molar-refractivity contribution in [2.24, 2.45) is 23.7 Å². The lowest BCUT2D eigenvalue weighted by Crippen LogP contribution is -2.58. The van der Waals surface area contributed by atoms with E-state index < -0.39 is 29.6 Å². The molecule has 0 radical (unpaired) electrons. The van der Waals surface area contributed by atoms with Crippen molar-refractivity contribution in [3.05, 3.63) is 72.3 Å². The molecule has 2 aromatic rings. The smallest absolute Gasteiger partial charge is 0.246 e. The van der Waals surface area contributed by atoms with Gasteiger partial charge in [0.1, 0.15) is 17.4 Å². The topological polar surface area (TPSA) is 97.0 Å². The molecular formula is C33H39N3O5. The number of hydrogen-bond donors (Lipinski definition) is 2. The molecule has 2 saturated heterocycles. The molecule has 3 heterocycles. The first-order valence-electron chi connectivity index (χ1n) is 14.8. The summed E-state index contributed by atoms with van der Waals surface area (Å²) >= 11 is 0. The molecule has 1 aliphatic carbocycles. The van der Waals surface area contributed by atoms with E-state index in [9.17, 15) is 14.4 Å². The number of nitrogens with one attached hydrogen (secondary N) is 2. The Bertz CT molecular complexity index is 1330. The number of fused-ring (bicyclic) bond motifs is 1. The quantitative estimate of drug-likeness (QED) is 0.479. The van der Waals surface area contributed by atoms with E-state index in [0.29, 0.717) is 36.2 Å². The fourth-order valence-corrected chi connectivity index (χ4v) is 7.35. The molecule has 4 aliphatic rings. The number of ether oxygens (including phenoxy) is 2. The Kier molecular flexibility index (Phi) is 7.36. The molecule has 2 aromatic carbocycles. The van der Waals surface area contributed by atoms with Crippen molar-refractivity contribution in [3.8, 4) is 5.75 Å². The summed E-state index contributed by atoms with van der Waals surface area (Å²) in [6.45, 7) is 4.80. The van der Waals surface area contributed by atoms with Crippen LogP contribution in [0.3, 0.4) is 0 Å². The molecule has 8 heteroatoms. The van der Waals surface area contributed by atoms with Crippen LogP contribution in [0.4, 0.5) is 5.69 Å². The minimum atomic E-state index is -1.17. The van der Waals surface area contributed by atoms with Gasteiger partial charge in [-0.3, -0.25) is 14.4 Å². The third-order valence-corrected chi connectivity index (χ3v) is 9.80. The van der Waals surface area contributed by atoms with Gasteiger partial charge in [-0.05, 0) is 54.5 Å². The van der Waals surface area contributed by atoms with Crippen molar-refractivity contribution in [1.82, 2.24) is 10.2 Å². The van der Waals surface area contributed by atoms with E-state index in [1.54, 1.807) is 36.3 Å². The lowest BCUT2D eigenvalue weighted by Gasteiger charge is -2.38. The van der Waals surface area contributed by atoms with Crippen molar-refractivity contribution < 1.29 is 23.9 Å². The summed E-state index contributed by atoms with van der Waals surface area (Å²) < 4.78 is 11.7. The summed E-state index contributed by atoms with van der Waals surface area (Å²) in [5.41, 5.74) is 0.518. The van der Waals surface area contributed by atoms with E-state index in [2.05, 4.69) is 24.5 Å². The van der Waals surface area contributed by atoms with Gasteiger partial charge in [0.05, 0.1) is 25.0 Å². The van der Waals surface area contributed by atoms with Crippen molar-refractivity contribution in [1.29, 1.82) is 0 Å². The summed E-state index contributed by atoms with van der Waals surface area (Å²) in [7, 11) is 1.59. The fraction of sp³-hybridized carbons (Fsp3) is 0.485. The van der Waals surface area contributed by atoms with Crippen LogP contribution in [0, 0.1) is 23.7 Å². The Balaban J connectivity index is 1.28. The molecule has 0 aromatic heterocycles. The summed E-state index contributed by atoms with van der Waals surface area (Å²) in [4.78, 5) is 43.7. The molecular weight excluding hydrogens is 518 g/mol. The molecule has 216 valence electrons. The minimum Gasteiger partial charge on any atom is -0.497 e. The Hall–Kier alpha value is -3.65. The number of hydrogen-bond acceptors (Lipinski definition) is 5. The first-order valence-corrected chi connectivity index (χ1v) is 14.8. The fourth-order valence-electron chi connectivity index (χ4n) is 7.35. The molecule has 1 saturated carbocycles. The maximum atomic E-state index is 14.2. The van der Waals surface area contributed by atoms with Gasteiger partial charge in [-0.1, -0.05) is 69.2 Å². The van der Waals surface area contributed by atoms with E-state index in [-0.39, 0.29) is 23.8 Å². The number of anilines is 1. The number of rotatable bonds is 8. The summed E-state index contributed by atoms with van der Waals surface area (Å²) in [6.07, 6.45) is 6.91. The second-order valence-corrected chi connectivity index (χ2v) is 12.1. The molecule has 3 aliphatic heterocycles. The highest BCUT2D eigenvalue weighted by Crippen LogP contribution is 2.55. The molecule has 8 nitrogen and oxygen atoms in total. The molecule has 2 N–H and O–H groups in total. The number of methoxy groups -OCH3 is 1. The Labute approximate surface area is 241 Å². The van der Waals surface area contributed by atoms with E-state index in [1.807, 2.05) is 42.5 Å². The average molecular weight is 558 g/mol. The van der Waals surface area contributed by atoms with Gasteiger partial charge in [-0.15, -0.1) is 0 Å². The zero-order chi connectivity index (χ0) is 28.7. The van der Waals surface area contributed by atoms with Crippen LogP contribution in [0.15, 0.2) is 66.7 Å². The van der Waals surface area contributed by atoms with E-state index in [4.69, 9.17) is 9.47 Å². The molecule has 8 atom stereocenters. The first kappa shape index (κ1) is 27.5. The summed E-state index contributed by atoms with van der Waals surface area (Å²) in [5, 5.41) is 6.28. The zero-order valence-electron chi connectivity index (χ0n) is 23.9. The van der Waals surface area contributed by atoms with Crippen molar-refractivity contribution >= 4 is 23.4 Å². The summed E-state index contributed by atoms with van der Waals surface area (Å²) in [6, 6.07) is 16.2. The first-order chi connectivity index (χ1) is 19.8. The molecule has 41 heavy (non-hydrogen) atoms. The molecule has 3 fully saturated rings. The Morgan fingerprint density at radius 3 is 2.54 bits per heavy atom. The Morgan fingerprint density at radius 1 is 1.05 bits per heavy atom. The van der Waals surface area contributed by atoms with Crippen LogP contribution in [-0.2, 0) is 25.5 Å². The molecule has 6 rings (SSSR count). The Morgan fingerprint density at radius 2 is 1.80 bits per heavy atom. The highest BCUT2D eigenvalue weighted by Gasteiger charge is 2.72. The molecule has 0 unspecified atom stereocenters. The van der Waals surface area contributed by atoms with Crippen LogP contribution < -0.4 is 15.4 Å². The minimum absolute atomic E-state index is 0.0459. The largest absolute Gasteiger partial charge is 0.497 e. The van der Waals surface area contributed by atoms with Gasteiger partial charge in [0, 0.05) is 18.3 Å². The van der Waals surface area contributed by atoms with Crippen molar-refractivity contribution in [3.63, 3.8) is 0 Å².